The van der Waals surface area contributed by atoms with Crippen molar-refractivity contribution < 1.29 is 22.7 Å². The number of benzene rings is 2. The highest BCUT2D eigenvalue weighted by Crippen LogP contribution is 2.12. The van der Waals surface area contributed by atoms with E-state index >= 15 is 0 Å². The van der Waals surface area contributed by atoms with Crippen LogP contribution in [0.15, 0.2) is 53.4 Å². The maximum atomic E-state index is 12.2. The van der Waals surface area contributed by atoms with Gasteiger partial charge in [0.2, 0.25) is 10.0 Å². The van der Waals surface area contributed by atoms with Gasteiger partial charge in [0.25, 0.3) is 5.91 Å². The van der Waals surface area contributed by atoms with Gasteiger partial charge < -0.3 is 10.1 Å². The monoisotopic (exact) mass is 418 g/mol. The first kappa shape index (κ1) is 22.6. The molecule has 29 heavy (non-hydrogen) atoms. The molecule has 0 saturated carbocycles. The Kier molecular flexibility index (Phi) is 7.92. The van der Waals surface area contributed by atoms with Crippen LogP contribution in [0, 0.1) is 6.92 Å². The minimum atomic E-state index is -3.64. The zero-order valence-electron chi connectivity index (χ0n) is 16.8. The fourth-order valence-electron chi connectivity index (χ4n) is 2.45. The predicted molar refractivity (Wildman–Crippen MR) is 110 cm³/mol. The summed E-state index contributed by atoms with van der Waals surface area (Å²) < 4.78 is 32.0. The molecule has 2 rings (SSSR count). The van der Waals surface area contributed by atoms with Crippen molar-refractivity contribution in [1.29, 1.82) is 0 Å². The molecule has 2 N–H and O–H groups in total. The number of ether oxygens (including phenoxy) is 1. The molecule has 0 bridgehead atoms. The quantitative estimate of drug-likeness (QED) is 0.610. The van der Waals surface area contributed by atoms with E-state index < -0.39 is 28.5 Å². The fraction of sp³-hybridized carbons (Fsp3) is 0.333. The molecule has 0 spiro atoms. The van der Waals surface area contributed by atoms with Crippen molar-refractivity contribution >= 4 is 21.9 Å². The first-order chi connectivity index (χ1) is 13.7. The SMILES string of the molecule is CC[C@@H](C)NS(=O)(=O)c1ccc(C(=O)OCC(=O)NCc2ccccc2C)cc1. The Bertz CT molecular complexity index is 955. The summed E-state index contributed by atoms with van der Waals surface area (Å²) >= 11 is 0. The summed E-state index contributed by atoms with van der Waals surface area (Å²) in [6.45, 7) is 5.53. The van der Waals surface area contributed by atoms with Gasteiger partial charge in [-0.1, -0.05) is 31.2 Å². The second-order valence-corrected chi connectivity index (χ2v) is 8.45. The lowest BCUT2D eigenvalue weighted by Gasteiger charge is -2.12. The third kappa shape index (κ3) is 6.69. The number of carbonyl (C=O) groups excluding carboxylic acids is 2. The van der Waals surface area contributed by atoms with Gasteiger partial charge in [-0.2, -0.15) is 0 Å². The van der Waals surface area contributed by atoms with Crippen LogP contribution in [0.3, 0.4) is 0 Å². The normalized spacial score (nSPS) is 12.2. The molecule has 1 amide bonds. The van der Waals surface area contributed by atoms with Crippen LogP contribution in [-0.4, -0.2) is 32.9 Å². The van der Waals surface area contributed by atoms with Gasteiger partial charge in [0, 0.05) is 12.6 Å². The van der Waals surface area contributed by atoms with Gasteiger partial charge in [0.1, 0.15) is 0 Å². The fourth-order valence-corrected chi connectivity index (χ4v) is 3.78. The molecule has 7 nitrogen and oxygen atoms in total. The molecule has 1 atom stereocenters. The highest BCUT2D eigenvalue weighted by atomic mass is 32.2. The Morgan fingerprint density at radius 2 is 1.72 bits per heavy atom. The van der Waals surface area contributed by atoms with Crippen LogP contribution >= 0.6 is 0 Å². The van der Waals surface area contributed by atoms with E-state index in [4.69, 9.17) is 4.74 Å². The highest BCUT2D eigenvalue weighted by molar-refractivity contribution is 7.89. The minimum absolute atomic E-state index is 0.0605. The smallest absolute Gasteiger partial charge is 0.338 e. The van der Waals surface area contributed by atoms with E-state index in [0.717, 1.165) is 11.1 Å². The molecule has 0 heterocycles. The first-order valence-electron chi connectivity index (χ1n) is 9.33. The molecule has 0 unspecified atom stereocenters. The molecule has 0 aliphatic rings. The van der Waals surface area contributed by atoms with Gasteiger partial charge >= 0.3 is 5.97 Å². The van der Waals surface area contributed by atoms with Crippen LogP contribution < -0.4 is 10.0 Å². The molecule has 0 saturated heterocycles. The Labute approximate surface area is 171 Å². The number of esters is 1. The summed E-state index contributed by atoms with van der Waals surface area (Å²) in [4.78, 5) is 24.1. The van der Waals surface area contributed by atoms with Gasteiger partial charge in [-0.25, -0.2) is 17.9 Å². The van der Waals surface area contributed by atoms with Crippen molar-refractivity contribution in [3.05, 3.63) is 65.2 Å². The topological polar surface area (TPSA) is 102 Å². The molecule has 2 aromatic rings. The lowest BCUT2D eigenvalue weighted by atomic mass is 10.1. The van der Waals surface area contributed by atoms with E-state index in [9.17, 15) is 18.0 Å². The predicted octanol–water partition coefficient (Wildman–Crippen LogP) is 2.55. The molecule has 2 aromatic carbocycles. The number of amides is 1. The molecule has 0 aliphatic heterocycles. The summed E-state index contributed by atoms with van der Waals surface area (Å²) in [6, 6.07) is 12.9. The third-order valence-electron chi connectivity index (χ3n) is 4.44. The summed E-state index contributed by atoms with van der Waals surface area (Å²) in [5.41, 5.74) is 2.21. The molecule has 0 aromatic heterocycles. The first-order valence-corrected chi connectivity index (χ1v) is 10.8. The van der Waals surface area contributed by atoms with Gasteiger partial charge in [0.15, 0.2) is 6.61 Å². The summed E-state index contributed by atoms with van der Waals surface area (Å²) in [5, 5.41) is 2.70. The number of rotatable bonds is 9. The molecular weight excluding hydrogens is 392 g/mol. The van der Waals surface area contributed by atoms with E-state index in [-0.39, 0.29) is 16.5 Å². The van der Waals surface area contributed by atoms with Crippen LogP contribution in [0.2, 0.25) is 0 Å². The average molecular weight is 419 g/mol. The van der Waals surface area contributed by atoms with Gasteiger partial charge in [-0.05, 0) is 55.7 Å². The van der Waals surface area contributed by atoms with Crippen molar-refractivity contribution in [2.24, 2.45) is 0 Å². The number of nitrogens with one attached hydrogen (secondary N) is 2. The summed E-state index contributed by atoms with van der Waals surface area (Å²) in [6.07, 6.45) is 0.662. The van der Waals surface area contributed by atoms with E-state index in [2.05, 4.69) is 10.0 Å². The lowest BCUT2D eigenvalue weighted by molar-refractivity contribution is -0.124. The number of carbonyl (C=O) groups is 2. The maximum absolute atomic E-state index is 12.2. The van der Waals surface area contributed by atoms with Gasteiger partial charge in [-0.3, -0.25) is 4.79 Å². The van der Waals surface area contributed by atoms with Crippen LogP contribution in [0.5, 0.6) is 0 Å². The van der Waals surface area contributed by atoms with Gasteiger partial charge in [-0.15, -0.1) is 0 Å². The van der Waals surface area contributed by atoms with E-state index in [1.54, 1.807) is 6.92 Å². The van der Waals surface area contributed by atoms with Gasteiger partial charge in [0.05, 0.1) is 10.5 Å². The lowest BCUT2D eigenvalue weighted by Crippen LogP contribution is -2.32. The molecule has 8 heteroatoms. The Hall–Kier alpha value is -2.71. The van der Waals surface area contributed by atoms with E-state index in [1.807, 2.05) is 38.1 Å². The number of aryl methyl sites for hydroxylation is 1. The van der Waals surface area contributed by atoms with Crippen molar-refractivity contribution in [1.82, 2.24) is 10.0 Å². The summed E-state index contributed by atoms with van der Waals surface area (Å²) in [5.74, 6) is -1.12. The van der Waals surface area contributed by atoms with Crippen molar-refractivity contribution in [2.75, 3.05) is 6.61 Å². The number of hydrogen-bond donors (Lipinski definition) is 2. The van der Waals surface area contributed by atoms with Crippen LogP contribution in [0.1, 0.15) is 41.8 Å². The van der Waals surface area contributed by atoms with Crippen LogP contribution in [0.25, 0.3) is 0 Å². The molecular formula is C21H26N2O5S. The molecule has 0 aliphatic carbocycles. The standard InChI is InChI=1S/C21H26N2O5S/c1-4-16(3)23-29(26,27)19-11-9-17(10-12-19)21(25)28-14-20(24)22-13-18-8-6-5-7-15(18)2/h5-12,16,23H,4,13-14H2,1-3H3,(H,22,24)/t16-/m1/s1. The Balaban J connectivity index is 1.87. The molecule has 0 radical (unpaired) electrons. The second-order valence-electron chi connectivity index (χ2n) is 6.73. The number of sulfonamides is 1. The van der Waals surface area contributed by atoms with Crippen molar-refractivity contribution in [3.8, 4) is 0 Å². The average Bonchev–Trinajstić information content (AvgIpc) is 2.71. The van der Waals surface area contributed by atoms with E-state index in [0.29, 0.717) is 13.0 Å². The Morgan fingerprint density at radius 1 is 1.07 bits per heavy atom. The third-order valence-corrected chi connectivity index (χ3v) is 6.05. The Morgan fingerprint density at radius 3 is 2.34 bits per heavy atom. The molecule has 0 fully saturated rings. The second kappa shape index (κ2) is 10.2. The minimum Gasteiger partial charge on any atom is -0.452 e. The summed E-state index contributed by atoms with van der Waals surface area (Å²) in [7, 11) is -3.64. The molecule has 156 valence electrons. The van der Waals surface area contributed by atoms with Crippen molar-refractivity contribution in [2.45, 2.75) is 44.7 Å². The van der Waals surface area contributed by atoms with Crippen molar-refractivity contribution in [3.63, 3.8) is 0 Å². The van der Waals surface area contributed by atoms with Crippen LogP contribution in [0.4, 0.5) is 0 Å². The maximum Gasteiger partial charge on any atom is 0.338 e. The number of hydrogen-bond acceptors (Lipinski definition) is 5. The van der Waals surface area contributed by atoms with E-state index in [1.165, 1.54) is 24.3 Å². The zero-order valence-corrected chi connectivity index (χ0v) is 17.6. The zero-order chi connectivity index (χ0) is 21.4. The largest absolute Gasteiger partial charge is 0.452 e. The van der Waals surface area contributed by atoms with Crippen LogP contribution in [-0.2, 0) is 26.1 Å². The highest BCUT2D eigenvalue weighted by Gasteiger charge is 2.17.